The lowest BCUT2D eigenvalue weighted by atomic mass is 10.1. The second kappa shape index (κ2) is 8.49. The van der Waals surface area contributed by atoms with Crippen LogP contribution in [0.15, 0.2) is 83.8 Å². The van der Waals surface area contributed by atoms with Gasteiger partial charge in [0.1, 0.15) is 0 Å². The van der Waals surface area contributed by atoms with E-state index in [2.05, 4.69) is 5.32 Å². The highest BCUT2D eigenvalue weighted by atomic mass is 32.2. The molecule has 0 aliphatic carbocycles. The zero-order valence-electron chi connectivity index (χ0n) is 16.7. The first-order valence-electron chi connectivity index (χ1n) is 9.31. The van der Waals surface area contributed by atoms with Crippen molar-refractivity contribution in [1.29, 1.82) is 0 Å². The van der Waals surface area contributed by atoms with Crippen molar-refractivity contribution in [3.8, 4) is 0 Å². The monoisotopic (exact) mass is 408 g/mol. The van der Waals surface area contributed by atoms with Crippen molar-refractivity contribution in [2.45, 2.75) is 24.8 Å². The molecule has 0 aromatic heterocycles. The number of sulfonamides is 1. The van der Waals surface area contributed by atoms with Gasteiger partial charge in [0, 0.05) is 12.6 Å². The Morgan fingerprint density at radius 3 is 2.28 bits per heavy atom. The van der Waals surface area contributed by atoms with Gasteiger partial charge >= 0.3 is 0 Å². The molecular formula is C23H24N2O3S. The number of hydrogen-bond donors (Lipinski definition) is 1. The summed E-state index contributed by atoms with van der Waals surface area (Å²) in [6.07, 6.45) is 0. The average Bonchev–Trinajstić information content (AvgIpc) is 2.74. The quantitative estimate of drug-likeness (QED) is 0.661. The topological polar surface area (TPSA) is 66.5 Å². The van der Waals surface area contributed by atoms with E-state index in [1.807, 2.05) is 56.3 Å². The molecular weight excluding hydrogens is 384 g/mol. The summed E-state index contributed by atoms with van der Waals surface area (Å²) >= 11 is 0. The molecule has 0 aliphatic rings. The summed E-state index contributed by atoms with van der Waals surface area (Å²) in [5, 5.41) is 2.91. The van der Waals surface area contributed by atoms with Crippen LogP contribution in [-0.2, 0) is 10.0 Å². The lowest BCUT2D eigenvalue weighted by molar-refractivity contribution is 0.0939. The van der Waals surface area contributed by atoms with Gasteiger partial charge < -0.3 is 5.32 Å². The van der Waals surface area contributed by atoms with Crippen LogP contribution in [0.25, 0.3) is 0 Å². The summed E-state index contributed by atoms with van der Waals surface area (Å²) in [6.45, 7) is 3.75. The minimum atomic E-state index is -3.80. The molecule has 0 radical (unpaired) electrons. The van der Waals surface area contributed by atoms with Gasteiger partial charge in [-0.05, 0) is 49.2 Å². The average molecular weight is 409 g/mol. The Kier molecular flexibility index (Phi) is 6.03. The van der Waals surface area contributed by atoms with E-state index < -0.39 is 10.0 Å². The molecule has 1 atom stereocenters. The third kappa shape index (κ3) is 4.49. The molecule has 1 N–H and O–H groups in total. The molecule has 0 aliphatic heterocycles. The molecule has 3 rings (SSSR count). The first-order chi connectivity index (χ1) is 13.8. The van der Waals surface area contributed by atoms with E-state index in [0.29, 0.717) is 11.3 Å². The predicted molar refractivity (Wildman–Crippen MR) is 116 cm³/mol. The summed E-state index contributed by atoms with van der Waals surface area (Å²) < 4.78 is 27.4. The van der Waals surface area contributed by atoms with Gasteiger partial charge in [0.15, 0.2) is 0 Å². The zero-order valence-corrected chi connectivity index (χ0v) is 17.5. The Balaban J connectivity index is 1.85. The molecule has 3 aromatic rings. The Bertz CT molecular complexity index is 1110. The Hall–Kier alpha value is -3.12. The summed E-state index contributed by atoms with van der Waals surface area (Å²) in [5.74, 6) is -0.322. The molecule has 1 unspecified atom stereocenters. The lowest BCUT2D eigenvalue weighted by Gasteiger charge is -2.21. The molecule has 1 amide bonds. The molecule has 0 saturated carbocycles. The third-order valence-corrected chi connectivity index (χ3v) is 6.62. The van der Waals surface area contributed by atoms with E-state index in [9.17, 15) is 13.2 Å². The van der Waals surface area contributed by atoms with Crippen LogP contribution >= 0.6 is 0 Å². The number of amides is 1. The van der Waals surface area contributed by atoms with Crippen molar-refractivity contribution in [3.63, 3.8) is 0 Å². The second-order valence-electron chi connectivity index (χ2n) is 6.89. The Morgan fingerprint density at radius 2 is 1.59 bits per heavy atom. The number of aryl methyl sites for hydroxylation is 1. The molecule has 3 aromatic carbocycles. The van der Waals surface area contributed by atoms with Gasteiger partial charge in [-0.25, -0.2) is 8.42 Å². The van der Waals surface area contributed by atoms with Crippen LogP contribution in [0.1, 0.15) is 34.5 Å². The van der Waals surface area contributed by atoms with Gasteiger partial charge in [-0.3, -0.25) is 9.10 Å². The van der Waals surface area contributed by atoms with E-state index in [1.54, 1.807) is 24.3 Å². The number of hydrogen-bond acceptors (Lipinski definition) is 3. The van der Waals surface area contributed by atoms with Crippen LogP contribution in [-0.4, -0.2) is 21.4 Å². The van der Waals surface area contributed by atoms with Gasteiger partial charge in [0.05, 0.1) is 16.6 Å². The van der Waals surface area contributed by atoms with Crippen molar-refractivity contribution in [2.75, 3.05) is 11.4 Å². The molecule has 0 bridgehead atoms. The predicted octanol–water partition coefficient (Wildman–Crippen LogP) is 4.31. The molecule has 6 heteroatoms. The van der Waals surface area contributed by atoms with Crippen LogP contribution in [0, 0.1) is 6.92 Å². The van der Waals surface area contributed by atoms with E-state index in [1.165, 1.54) is 23.5 Å². The van der Waals surface area contributed by atoms with Crippen molar-refractivity contribution >= 4 is 21.6 Å². The van der Waals surface area contributed by atoms with Crippen LogP contribution in [0.2, 0.25) is 0 Å². The molecule has 0 saturated heterocycles. The fraction of sp³-hybridized carbons (Fsp3) is 0.174. The van der Waals surface area contributed by atoms with Gasteiger partial charge in [-0.15, -0.1) is 0 Å². The van der Waals surface area contributed by atoms with Crippen LogP contribution in [0.3, 0.4) is 0 Å². The lowest BCUT2D eigenvalue weighted by Crippen LogP contribution is -2.29. The van der Waals surface area contributed by atoms with E-state index in [-0.39, 0.29) is 16.8 Å². The minimum Gasteiger partial charge on any atom is -0.346 e. The largest absolute Gasteiger partial charge is 0.346 e. The van der Waals surface area contributed by atoms with Gasteiger partial charge in [0.2, 0.25) is 0 Å². The first-order valence-corrected chi connectivity index (χ1v) is 10.7. The number of anilines is 1. The molecule has 0 heterocycles. The maximum atomic E-state index is 13.1. The molecule has 0 spiro atoms. The fourth-order valence-electron chi connectivity index (χ4n) is 3.11. The van der Waals surface area contributed by atoms with Gasteiger partial charge in [-0.1, -0.05) is 54.6 Å². The number of carbonyl (C=O) groups is 1. The summed E-state index contributed by atoms with van der Waals surface area (Å²) in [7, 11) is -2.28. The van der Waals surface area contributed by atoms with Gasteiger partial charge in [0.25, 0.3) is 15.9 Å². The van der Waals surface area contributed by atoms with Crippen molar-refractivity contribution < 1.29 is 13.2 Å². The smallest absolute Gasteiger partial charge is 0.264 e. The standard InChI is InChI=1S/C23H24N2O3S/c1-17-10-7-8-15-22(17)25(3)29(27,28)21-14-9-13-20(16-21)23(26)24-18(2)19-11-5-4-6-12-19/h4-16,18H,1-3H3,(H,24,26). The van der Waals surface area contributed by atoms with Crippen LogP contribution in [0.4, 0.5) is 5.69 Å². The number of carbonyl (C=O) groups excluding carboxylic acids is 1. The number of rotatable bonds is 6. The summed E-state index contributed by atoms with van der Waals surface area (Å²) in [4.78, 5) is 12.8. The Labute approximate surface area is 172 Å². The number of nitrogens with one attached hydrogen (secondary N) is 1. The fourth-order valence-corrected chi connectivity index (χ4v) is 4.41. The SMILES string of the molecule is Cc1ccccc1N(C)S(=O)(=O)c1cccc(C(=O)NC(C)c2ccccc2)c1. The second-order valence-corrected chi connectivity index (χ2v) is 8.86. The normalized spacial score (nSPS) is 12.2. The molecule has 29 heavy (non-hydrogen) atoms. The molecule has 150 valence electrons. The highest BCUT2D eigenvalue weighted by Crippen LogP contribution is 2.25. The van der Waals surface area contributed by atoms with Crippen molar-refractivity contribution in [2.24, 2.45) is 0 Å². The van der Waals surface area contributed by atoms with Crippen LogP contribution < -0.4 is 9.62 Å². The molecule has 0 fully saturated rings. The number of nitrogens with zero attached hydrogens (tertiary/aromatic N) is 1. The zero-order chi connectivity index (χ0) is 21.0. The third-order valence-electron chi connectivity index (χ3n) is 4.86. The van der Waals surface area contributed by atoms with E-state index >= 15 is 0 Å². The first kappa shape index (κ1) is 20.6. The van der Waals surface area contributed by atoms with E-state index in [4.69, 9.17) is 0 Å². The van der Waals surface area contributed by atoms with Gasteiger partial charge in [-0.2, -0.15) is 0 Å². The maximum absolute atomic E-state index is 13.1. The number of para-hydroxylation sites is 1. The minimum absolute atomic E-state index is 0.0725. The Morgan fingerprint density at radius 1 is 0.931 bits per heavy atom. The highest BCUT2D eigenvalue weighted by Gasteiger charge is 2.23. The van der Waals surface area contributed by atoms with E-state index in [0.717, 1.165) is 11.1 Å². The summed E-state index contributed by atoms with van der Waals surface area (Å²) in [5.41, 5.74) is 2.72. The number of benzene rings is 3. The van der Waals surface area contributed by atoms with Crippen molar-refractivity contribution in [3.05, 3.63) is 95.6 Å². The van der Waals surface area contributed by atoms with Crippen LogP contribution in [0.5, 0.6) is 0 Å². The highest BCUT2D eigenvalue weighted by molar-refractivity contribution is 7.92. The summed E-state index contributed by atoms with van der Waals surface area (Å²) in [6, 6.07) is 22.8. The van der Waals surface area contributed by atoms with Crippen molar-refractivity contribution in [1.82, 2.24) is 5.32 Å². The molecule has 5 nitrogen and oxygen atoms in total. The maximum Gasteiger partial charge on any atom is 0.264 e.